The molecule has 0 heterocycles. The van der Waals surface area contributed by atoms with Crippen molar-refractivity contribution < 1.29 is 4.79 Å². The Hall–Kier alpha value is -1.55. The Labute approximate surface area is 134 Å². The summed E-state index contributed by atoms with van der Waals surface area (Å²) < 4.78 is 0. The average molecular weight is 303 g/mol. The highest BCUT2D eigenvalue weighted by Gasteiger charge is 2.38. The van der Waals surface area contributed by atoms with Crippen molar-refractivity contribution in [1.29, 1.82) is 0 Å². The summed E-state index contributed by atoms with van der Waals surface area (Å²) in [5.74, 6) is 0.583. The summed E-state index contributed by atoms with van der Waals surface area (Å²) >= 11 is 0. The molecule has 1 saturated carbocycles. The van der Waals surface area contributed by atoms with Gasteiger partial charge in [-0.15, -0.1) is 0 Å². The van der Waals surface area contributed by atoms with Crippen LogP contribution in [-0.4, -0.2) is 38.1 Å². The molecule has 2 amide bonds. The zero-order valence-corrected chi connectivity index (χ0v) is 14.1. The molecule has 0 aliphatic heterocycles. The molecule has 0 atom stereocenters. The van der Waals surface area contributed by atoms with E-state index in [1.54, 1.807) is 0 Å². The number of carbonyl (C=O) groups excluding carboxylic acids is 1. The molecule has 0 bridgehead atoms. The van der Waals surface area contributed by atoms with Crippen molar-refractivity contribution in [3.63, 3.8) is 0 Å². The summed E-state index contributed by atoms with van der Waals surface area (Å²) in [4.78, 5) is 13.9. The largest absolute Gasteiger partial charge is 0.338 e. The number of rotatable bonds is 5. The monoisotopic (exact) mass is 303 g/mol. The van der Waals surface area contributed by atoms with Gasteiger partial charge in [0.25, 0.3) is 0 Å². The normalized spacial score (nSPS) is 25.0. The number of hydrogen-bond donors (Lipinski definition) is 2. The number of nitrogens with one attached hydrogen (secondary N) is 2. The number of amides is 2. The van der Waals surface area contributed by atoms with Crippen molar-refractivity contribution in [1.82, 2.24) is 15.5 Å². The molecule has 1 aliphatic rings. The van der Waals surface area contributed by atoms with Crippen LogP contribution in [0.1, 0.15) is 38.2 Å². The van der Waals surface area contributed by atoms with Gasteiger partial charge in [0, 0.05) is 18.6 Å². The van der Waals surface area contributed by atoms with Gasteiger partial charge in [-0.3, -0.25) is 4.90 Å². The summed E-state index contributed by atoms with van der Waals surface area (Å²) in [6.45, 7) is 3.39. The topological polar surface area (TPSA) is 44.4 Å². The van der Waals surface area contributed by atoms with Gasteiger partial charge in [-0.05, 0) is 58.2 Å². The second-order valence-corrected chi connectivity index (χ2v) is 6.48. The lowest BCUT2D eigenvalue weighted by Gasteiger charge is -2.45. The fraction of sp³-hybridized carbons (Fsp3) is 0.611. The Balaban J connectivity index is 1.95. The van der Waals surface area contributed by atoms with Gasteiger partial charge in [0.2, 0.25) is 0 Å². The molecule has 1 aromatic rings. The van der Waals surface area contributed by atoms with Crippen molar-refractivity contribution in [2.45, 2.75) is 38.1 Å². The predicted octanol–water partition coefficient (Wildman–Crippen LogP) is 2.95. The summed E-state index contributed by atoms with van der Waals surface area (Å²) in [5.41, 5.74) is 1.55. The minimum absolute atomic E-state index is 0.0463. The molecule has 122 valence electrons. The predicted molar refractivity (Wildman–Crippen MR) is 90.8 cm³/mol. The molecule has 0 spiro atoms. The standard InChI is InChI=1S/C18H29N3O/c1-4-19-17(22)20-14-15-10-12-18(13-11-15,21(2)3)16-8-6-5-7-9-16/h5-9,15H,4,10-14H2,1-3H3,(H2,19,20,22). The molecule has 2 rings (SSSR count). The van der Waals surface area contributed by atoms with E-state index in [-0.39, 0.29) is 11.6 Å². The molecule has 0 aromatic heterocycles. The van der Waals surface area contributed by atoms with Crippen LogP contribution in [0.5, 0.6) is 0 Å². The third-order valence-electron chi connectivity index (χ3n) is 4.99. The maximum Gasteiger partial charge on any atom is 0.314 e. The van der Waals surface area contributed by atoms with E-state index in [9.17, 15) is 4.79 Å². The molecule has 0 unspecified atom stereocenters. The number of carbonyl (C=O) groups is 1. The van der Waals surface area contributed by atoms with Gasteiger partial charge in [0.15, 0.2) is 0 Å². The van der Waals surface area contributed by atoms with Crippen LogP contribution >= 0.6 is 0 Å². The molecular weight excluding hydrogens is 274 g/mol. The summed E-state index contributed by atoms with van der Waals surface area (Å²) in [7, 11) is 4.36. The SMILES string of the molecule is CCNC(=O)NCC1CCC(c2ccccc2)(N(C)C)CC1. The average Bonchev–Trinajstić information content (AvgIpc) is 2.54. The molecule has 1 aromatic carbocycles. The molecule has 1 fully saturated rings. The second-order valence-electron chi connectivity index (χ2n) is 6.48. The van der Waals surface area contributed by atoms with E-state index >= 15 is 0 Å². The molecule has 22 heavy (non-hydrogen) atoms. The Morgan fingerprint density at radius 3 is 2.36 bits per heavy atom. The summed E-state index contributed by atoms with van der Waals surface area (Å²) in [6.07, 6.45) is 4.59. The third-order valence-corrected chi connectivity index (χ3v) is 4.99. The maximum atomic E-state index is 11.5. The highest BCUT2D eigenvalue weighted by Crippen LogP contribution is 2.42. The first-order chi connectivity index (χ1) is 10.6. The molecule has 4 heteroatoms. The molecular formula is C18H29N3O. The Kier molecular flexibility index (Phi) is 5.83. The minimum Gasteiger partial charge on any atom is -0.338 e. The lowest BCUT2D eigenvalue weighted by molar-refractivity contribution is 0.0776. The quantitative estimate of drug-likeness (QED) is 0.878. The smallest absolute Gasteiger partial charge is 0.314 e. The van der Waals surface area contributed by atoms with E-state index < -0.39 is 0 Å². The fourth-order valence-corrected chi connectivity index (χ4v) is 3.56. The summed E-state index contributed by atoms with van der Waals surface area (Å²) in [6, 6.07) is 10.8. The van der Waals surface area contributed by atoms with E-state index in [1.165, 1.54) is 5.56 Å². The van der Waals surface area contributed by atoms with Crippen LogP contribution in [0.25, 0.3) is 0 Å². The third kappa shape index (κ3) is 3.80. The number of nitrogens with zero attached hydrogens (tertiary/aromatic N) is 1. The summed E-state index contributed by atoms with van der Waals surface area (Å²) in [5, 5.41) is 5.77. The first-order valence-corrected chi connectivity index (χ1v) is 8.33. The first-order valence-electron chi connectivity index (χ1n) is 8.33. The Morgan fingerprint density at radius 1 is 1.18 bits per heavy atom. The molecule has 1 aliphatic carbocycles. The first kappa shape index (κ1) is 16.8. The zero-order valence-electron chi connectivity index (χ0n) is 14.1. The lowest BCUT2D eigenvalue weighted by Crippen LogP contribution is -2.46. The van der Waals surface area contributed by atoms with E-state index in [1.807, 2.05) is 6.92 Å². The Bertz CT molecular complexity index is 464. The van der Waals surface area contributed by atoms with Gasteiger partial charge in [0.05, 0.1) is 0 Å². The van der Waals surface area contributed by atoms with E-state index in [0.29, 0.717) is 12.5 Å². The number of hydrogen-bond acceptors (Lipinski definition) is 2. The van der Waals surface area contributed by atoms with Crippen molar-refractivity contribution in [2.75, 3.05) is 27.2 Å². The van der Waals surface area contributed by atoms with Gasteiger partial charge in [-0.25, -0.2) is 4.79 Å². The zero-order chi connectivity index (χ0) is 16.0. The number of urea groups is 1. The van der Waals surface area contributed by atoms with Gasteiger partial charge in [0.1, 0.15) is 0 Å². The van der Waals surface area contributed by atoms with Crippen LogP contribution in [-0.2, 0) is 5.54 Å². The molecule has 0 radical (unpaired) electrons. The Morgan fingerprint density at radius 2 is 1.82 bits per heavy atom. The maximum absolute atomic E-state index is 11.5. The van der Waals surface area contributed by atoms with Crippen LogP contribution in [0.4, 0.5) is 4.79 Å². The van der Waals surface area contributed by atoms with Crippen molar-refractivity contribution >= 4 is 6.03 Å². The number of benzene rings is 1. The minimum atomic E-state index is -0.0463. The fourth-order valence-electron chi connectivity index (χ4n) is 3.56. The van der Waals surface area contributed by atoms with E-state index in [4.69, 9.17) is 0 Å². The van der Waals surface area contributed by atoms with Crippen LogP contribution in [0.2, 0.25) is 0 Å². The van der Waals surface area contributed by atoms with Crippen molar-refractivity contribution in [3.05, 3.63) is 35.9 Å². The van der Waals surface area contributed by atoms with Crippen molar-refractivity contribution in [2.24, 2.45) is 5.92 Å². The van der Waals surface area contributed by atoms with Crippen LogP contribution in [0.15, 0.2) is 30.3 Å². The van der Waals surface area contributed by atoms with Gasteiger partial charge in [-0.1, -0.05) is 30.3 Å². The highest BCUT2D eigenvalue weighted by atomic mass is 16.2. The van der Waals surface area contributed by atoms with Crippen LogP contribution in [0.3, 0.4) is 0 Å². The van der Waals surface area contributed by atoms with Crippen LogP contribution < -0.4 is 10.6 Å². The van der Waals surface area contributed by atoms with Gasteiger partial charge < -0.3 is 10.6 Å². The van der Waals surface area contributed by atoms with Crippen molar-refractivity contribution in [3.8, 4) is 0 Å². The highest BCUT2D eigenvalue weighted by molar-refractivity contribution is 5.73. The van der Waals surface area contributed by atoms with Gasteiger partial charge >= 0.3 is 6.03 Å². The molecule has 2 N–H and O–H groups in total. The molecule has 4 nitrogen and oxygen atoms in total. The van der Waals surface area contributed by atoms with E-state index in [0.717, 1.165) is 32.2 Å². The van der Waals surface area contributed by atoms with E-state index in [2.05, 4.69) is 60.0 Å². The lowest BCUT2D eigenvalue weighted by atomic mass is 9.72. The molecule has 0 saturated heterocycles. The van der Waals surface area contributed by atoms with Gasteiger partial charge in [-0.2, -0.15) is 0 Å². The van der Waals surface area contributed by atoms with Crippen LogP contribution in [0, 0.1) is 5.92 Å². The second kappa shape index (κ2) is 7.63.